The largest absolute Gasteiger partial charge is 0.497 e. The van der Waals surface area contributed by atoms with E-state index in [4.69, 9.17) is 4.74 Å². The number of benzene rings is 2. The van der Waals surface area contributed by atoms with E-state index in [1.165, 1.54) is 23.9 Å². The molecule has 0 spiro atoms. The van der Waals surface area contributed by atoms with E-state index in [1.54, 1.807) is 31.4 Å². The molecule has 2 heterocycles. The summed E-state index contributed by atoms with van der Waals surface area (Å²) in [5.41, 5.74) is 4.81. The van der Waals surface area contributed by atoms with Crippen LogP contribution in [-0.2, 0) is 11.2 Å². The number of amides is 1. The van der Waals surface area contributed by atoms with Gasteiger partial charge in [-0.05, 0) is 36.2 Å². The molecule has 156 valence electrons. The van der Waals surface area contributed by atoms with Crippen LogP contribution in [0.2, 0.25) is 0 Å². The highest BCUT2D eigenvalue weighted by atomic mass is 32.2. The number of ether oxygens (including phenoxy) is 1. The molecule has 30 heavy (non-hydrogen) atoms. The number of aryl methyl sites for hydroxylation is 1. The Bertz CT molecular complexity index is 1040. The van der Waals surface area contributed by atoms with E-state index in [0.29, 0.717) is 16.6 Å². The SMILES string of the molecule is CCCc1nnc2n1N[C@@H](c1ccc(F)cc1)[C@@H](C(=O)Nc1cccc(OC)c1)S2. The number of fused-ring (bicyclic) bond motifs is 1. The quantitative estimate of drug-likeness (QED) is 0.623. The van der Waals surface area contributed by atoms with Crippen LogP contribution in [0.3, 0.4) is 0 Å². The number of anilines is 1. The third-order valence-corrected chi connectivity index (χ3v) is 6.02. The van der Waals surface area contributed by atoms with Gasteiger partial charge >= 0.3 is 0 Å². The van der Waals surface area contributed by atoms with Crippen LogP contribution >= 0.6 is 11.8 Å². The van der Waals surface area contributed by atoms with E-state index < -0.39 is 5.25 Å². The Morgan fingerprint density at radius 3 is 2.80 bits per heavy atom. The fourth-order valence-electron chi connectivity index (χ4n) is 3.32. The third kappa shape index (κ3) is 4.11. The minimum absolute atomic E-state index is 0.193. The zero-order valence-electron chi connectivity index (χ0n) is 16.6. The molecule has 4 rings (SSSR count). The van der Waals surface area contributed by atoms with Crippen molar-refractivity contribution in [2.45, 2.75) is 36.2 Å². The summed E-state index contributed by atoms with van der Waals surface area (Å²) >= 11 is 1.34. The Morgan fingerprint density at radius 2 is 2.07 bits per heavy atom. The minimum Gasteiger partial charge on any atom is -0.497 e. The maximum Gasteiger partial charge on any atom is 0.240 e. The van der Waals surface area contributed by atoms with E-state index in [2.05, 4.69) is 27.9 Å². The summed E-state index contributed by atoms with van der Waals surface area (Å²) in [6.07, 6.45) is 1.68. The van der Waals surface area contributed by atoms with Gasteiger partial charge in [-0.1, -0.05) is 36.9 Å². The lowest BCUT2D eigenvalue weighted by Crippen LogP contribution is -2.41. The second-order valence-electron chi connectivity index (χ2n) is 6.90. The van der Waals surface area contributed by atoms with Crippen LogP contribution < -0.4 is 15.5 Å². The van der Waals surface area contributed by atoms with Crippen LogP contribution in [-0.4, -0.2) is 33.1 Å². The predicted octanol–water partition coefficient (Wildman–Crippen LogP) is 3.78. The van der Waals surface area contributed by atoms with Crippen molar-refractivity contribution in [2.24, 2.45) is 0 Å². The molecule has 9 heteroatoms. The molecule has 7 nitrogen and oxygen atoms in total. The lowest BCUT2D eigenvalue weighted by atomic mass is 10.0. The summed E-state index contributed by atoms with van der Waals surface area (Å²) in [6.45, 7) is 2.07. The molecule has 2 aromatic carbocycles. The molecule has 0 bridgehead atoms. The summed E-state index contributed by atoms with van der Waals surface area (Å²) in [7, 11) is 1.58. The van der Waals surface area contributed by atoms with Crippen LogP contribution in [0.15, 0.2) is 53.7 Å². The lowest BCUT2D eigenvalue weighted by molar-refractivity contribution is -0.116. The molecule has 2 N–H and O–H groups in total. The highest BCUT2D eigenvalue weighted by Crippen LogP contribution is 2.37. The molecule has 0 aliphatic carbocycles. The number of nitrogens with zero attached hydrogens (tertiary/aromatic N) is 3. The van der Waals surface area contributed by atoms with Gasteiger partial charge < -0.3 is 15.5 Å². The average Bonchev–Trinajstić information content (AvgIpc) is 3.15. The maximum absolute atomic E-state index is 13.5. The van der Waals surface area contributed by atoms with E-state index in [1.807, 2.05) is 16.8 Å². The van der Waals surface area contributed by atoms with Crippen LogP contribution in [0.25, 0.3) is 0 Å². The maximum atomic E-state index is 13.5. The van der Waals surface area contributed by atoms with Gasteiger partial charge in [-0.25, -0.2) is 9.07 Å². The highest BCUT2D eigenvalue weighted by Gasteiger charge is 2.37. The van der Waals surface area contributed by atoms with E-state index in [9.17, 15) is 9.18 Å². The molecule has 2 atom stereocenters. The number of hydrogen-bond acceptors (Lipinski definition) is 6. The van der Waals surface area contributed by atoms with Crippen molar-refractivity contribution in [2.75, 3.05) is 17.9 Å². The number of halogens is 1. The fourth-order valence-corrected chi connectivity index (χ4v) is 4.42. The van der Waals surface area contributed by atoms with Gasteiger partial charge in [0.2, 0.25) is 11.1 Å². The Morgan fingerprint density at radius 1 is 1.27 bits per heavy atom. The van der Waals surface area contributed by atoms with Gasteiger partial charge in [0.25, 0.3) is 0 Å². The molecule has 1 amide bonds. The van der Waals surface area contributed by atoms with Crippen molar-refractivity contribution < 1.29 is 13.9 Å². The first-order chi connectivity index (χ1) is 14.6. The third-order valence-electron chi connectivity index (χ3n) is 4.80. The first kappa shape index (κ1) is 20.2. The molecule has 1 aromatic heterocycles. The van der Waals surface area contributed by atoms with Crippen LogP contribution in [0.1, 0.15) is 30.8 Å². The zero-order chi connectivity index (χ0) is 21.1. The van der Waals surface area contributed by atoms with Crippen molar-refractivity contribution >= 4 is 23.4 Å². The summed E-state index contributed by atoms with van der Waals surface area (Å²) in [5, 5.41) is 11.5. The molecule has 0 fully saturated rings. The van der Waals surface area contributed by atoms with Gasteiger partial charge in [-0.15, -0.1) is 10.2 Å². The molecule has 0 radical (unpaired) electrons. The normalized spacial score (nSPS) is 17.7. The monoisotopic (exact) mass is 427 g/mol. The van der Waals surface area contributed by atoms with Gasteiger partial charge in [-0.3, -0.25) is 4.79 Å². The van der Waals surface area contributed by atoms with Crippen molar-refractivity contribution in [1.82, 2.24) is 14.9 Å². The van der Waals surface area contributed by atoms with Crippen molar-refractivity contribution in [3.63, 3.8) is 0 Å². The molecular formula is C21H22FN5O2S. The van der Waals surface area contributed by atoms with E-state index in [0.717, 1.165) is 24.2 Å². The van der Waals surface area contributed by atoms with E-state index in [-0.39, 0.29) is 17.8 Å². The zero-order valence-corrected chi connectivity index (χ0v) is 17.4. The first-order valence-corrected chi connectivity index (χ1v) is 10.5. The summed E-state index contributed by atoms with van der Waals surface area (Å²) in [6, 6.07) is 13.0. The lowest BCUT2D eigenvalue weighted by Gasteiger charge is -2.33. The standard InChI is InChI=1S/C21H22FN5O2S/c1-3-5-17-24-25-21-27(17)26-18(13-8-10-14(22)11-9-13)19(30-21)20(28)23-15-6-4-7-16(12-15)29-2/h4,6-12,18-19,26H,3,5H2,1-2H3,(H,23,28)/t18-,19-/m0/s1. The number of nitrogens with one attached hydrogen (secondary N) is 2. The topological polar surface area (TPSA) is 81.1 Å². The molecule has 0 saturated carbocycles. The molecular weight excluding hydrogens is 405 g/mol. The van der Waals surface area contributed by atoms with Crippen molar-refractivity contribution in [3.8, 4) is 5.75 Å². The number of carbonyl (C=O) groups excluding carboxylic acids is 1. The summed E-state index contributed by atoms with van der Waals surface area (Å²) in [4.78, 5) is 13.2. The smallest absolute Gasteiger partial charge is 0.240 e. The average molecular weight is 428 g/mol. The molecule has 3 aromatic rings. The number of hydrogen-bond donors (Lipinski definition) is 2. The van der Waals surface area contributed by atoms with Crippen LogP contribution in [0.4, 0.5) is 10.1 Å². The number of aromatic nitrogens is 3. The number of thioether (sulfide) groups is 1. The van der Waals surface area contributed by atoms with E-state index >= 15 is 0 Å². The Hall–Kier alpha value is -3.07. The molecule has 0 unspecified atom stereocenters. The molecule has 1 aliphatic rings. The Labute approximate surface area is 178 Å². The molecule has 1 aliphatic heterocycles. The van der Waals surface area contributed by atoms with Gasteiger partial charge in [0.15, 0.2) is 5.82 Å². The fraction of sp³-hybridized carbons (Fsp3) is 0.286. The minimum atomic E-state index is -0.534. The van der Waals surface area contributed by atoms with Crippen LogP contribution in [0, 0.1) is 5.82 Å². The Kier molecular flexibility index (Phi) is 5.89. The second-order valence-corrected chi connectivity index (χ2v) is 8.01. The first-order valence-electron chi connectivity index (χ1n) is 9.67. The van der Waals surface area contributed by atoms with Gasteiger partial charge in [0.05, 0.1) is 13.2 Å². The number of methoxy groups -OCH3 is 1. The van der Waals surface area contributed by atoms with Crippen molar-refractivity contribution in [3.05, 3.63) is 65.7 Å². The van der Waals surface area contributed by atoms with Gasteiger partial charge in [0.1, 0.15) is 16.8 Å². The Balaban J connectivity index is 1.65. The highest BCUT2D eigenvalue weighted by molar-refractivity contribution is 8.00. The van der Waals surface area contributed by atoms with Crippen LogP contribution in [0.5, 0.6) is 5.75 Å². The van der Waals surface area contributed by atoms with Crippen molar-refractivity contribution in [1.29, 1.82) is 0 Å². The predicted molar refractivity (Wildman–Crippen MR) is 114 cm³/mol. The summed E-state index contributed by atoms with van der Waals surface area (Å²) < 4.78 is 20.5. The second kappa shape index (κ2) is 8.74. The van der Waals surface area contributed by atoms with Gasteiger partial charge in [-0.2, -0.15) is 0 Å². The number of rotatable bonds is 6. The summed E-state index contributed by atoms with van der Waals surface area (Å²) in [5.74, 6) is 0.942. The molecule has 0 saturated heterocycles. The number of carbonyl (C=O) groups is 1. The van der Waals surface area contributed by atoms with Gasteiger partial charge in [0, 0.05) is 18.2 Å².